The Bertz CT molecular complexity index is 1350. The second kappa shape index (κ2) is 12.0. The van der Waals surface area contributed by atoms with Gasteiger partial charge in [0.05, 0.1) is 36.3 Å². The predicted molar refractivity (Wildman–Crippen MR) is 138 cm³/mol. The highest BCUT2D eigenvalue weighted by Crippen LogP contribution is 2.36. The van der Waals surface area contributed by atoms with E-state index in [4.69, 9.17) is 25.7 Å². The van der Waals surface area contributed by atoms with Gasteiger partial charge < -0.3 is 31.0 Å². The number of pyridine rings is 2. The maximum Gasteiger partial charge on any atom is 0.272 e. The number of aromatic nitrogens is 3. The fraction of sp³-hybridized carbons (Fsp3) is 0.385. The van der Waals surface area contributed by atoms with Crippen LogP contribution in [-0.2, 0) is 4.79 Å². The topological polar surface area (TPSA) is 156 Å². The molecule has 3 aromatic heterocycles. The van der Waals surface area contributed by atoms with Crippen LogP contribution in [0.3, 0.4) is 0 Å². The van der Waals surface area contributed by atoms with Crippen LogP contribution in [0.25, 0.3) is 11.1 Å². The highest BCUT2D eigenvalue weighted by molar-refractivity contribution is 6.18. The molecule has 13 heteroatoms. The highest BCUT2D eigenvalue weighted by Gasteiger charge is 2.34. The molecule has 2 amide bonds. The van der Waals surface area contributed by atoms with Crippen LogP contribution in [0.1, 0.15) is 42.2 Å². The first-order valence-corrected chi connectivity index (χ1v) is 12.3. The van der Waals surface area contributed by atoms with E-state index in [1.165, 1.54) is 30.0 Å². The summed E-state index contributed by atoms with van der Waals surface area (Å²) in [6.07, 6.45) is 3.44. The van der Waals surface area contributed by atoms with Crippen molar-refractivity contribution in [1.29, 1.82) is 0 Å². The SMILES string of the molecule is COc1ccc2c(C(N)=O)c(OC3CC(C[C@H](C)NC(=O)C(=CN)c4ccc(OCC(F)F)cn4)C3)nn2c1. The number of hydrogen-bond donors (Lipinski definition) is 3. The van der Waals surface area contributed by atoms with Crippen molar-refractivity contribution in [3.63, 3.8) is 0 Å². The Morgan fingerprint density at radius 2 is 1.97 bits per heavy atom. The minimum Gasteiger partial charge on any atom is -0.495 e. The second-order valence-corrected chi connectivity index (χ2v) is 9.29. The molecule has 1 aliphatic carbocycles. The highest BCUT2D eigenvalue weighted by atomic mass is 19.3. The Balaban J connectivity index is 1.29. The molecule has 3 aromatic rings. The van der Waals surface area contributed by atoms with Crippen molar-refractivity contribution in [2.24, 2.45) is 17.4 Å². The Labute approximate surface area is 223 Å². The number of primary amides is 1. The molecular formula is C26H30F2N6O5. The molecule has 0 unspecified atom stereocenters. The molecular weight excluding hydrogens is 514 g/mol. The summed E-state index contributed by atoms with van der Waals surface area (Å²) >= 11 is 0. The first kappa shape index (κ1) is 27.6. The number of hydrogen-bond acceptors (Lipinski definition) is 8. The number of alkyl halides is 2. The summed E-state index contributed by atoms with van der Waals surface area (Å²) < 4.78 is 42.2. The van der Waals surface area contributed by atoms with Gasteiger partial charge in [0.25, 0.3) is 18.2 Å². The summed E-state index contributed by atoms with van der Waals surface area (Å²) in [6.45, 7) is 1.14. The van der Waals surface area contributed by atoms with Crippen molar-refractivity contribution in [2.75, 3.05) is 13.7 Å². The van der Waals surface area contributed by atoms with E-state index < -0.39 is 24.8 Å². The summed E-state index contributed by atoms with van der Waals surface area (Å²) in [7, 11) is 1.54. The van der Waals surface area contributed by atoms with Crippen LogP contribution in [-0.4, -0.2) is 58.7 Å². The van der Waals surface area contributed by atoms with Gasteiger partial charge >= 0.3 is 0 Å². The molecule has 11 nitrogen and oxygen atoms in total. The predicted octanol–water partition coefficient (Wildman–Crippen LogP) is 2.53. The lowest BCUT2D eigenvalue weighted by Gasteiger charge is -2.36. The fourth-order valence-electron chi connectivity index (χ4n) is 4.49. The van der Waals surface area contributed by atoms with Crippen LogP contribution in [0.15, 0.2) is 42.9 Å². The van der Waals surface area contributed by atoms with Crippen molar-refractivity contribution >= 4 is 22.9 Å². The number of ether oxygens (including phenoxy) is 3. The zero-order chi connectivity index (χ0) is 28.1. The van der Waals surface area contributed by atoms with E-state index in [1.807, 2.05) is 6.92 Å². The molecule has 0 radical (unpaired) electrons. The minimum atomic E-state index is -2.60. The summed E-state index contributed by atoms with van der Waals surface area (Å²) in [6, 6.07) is 6.16. The number of amides is 2. The lowest BCUT2D eigenvalue weighted by Crippen LogP contribution is -2.40. The average Bonchev–Trinajstić information content (AvgIpc) is 3.24. The number of fused-ring (bicyclic) bond motifs is 1. The van der Waals surface area contributed by atoms with Crippen LogP contribution in [0.4, 0.5) is 8.78 Å². The molecule has 4 rings (SSSR count). The number of rotatable bonds is 12. The van der Waals surface area contributed by atoms with Gasteiger partial charge in [-0.2, -0.15) is 0 Å². The number of carbonyl (C=O) groups excluding carboxylic acids is 2. The number of nitrogens with zero attached hydrogens (tertiary/aromatic N) is 3. The van der Waals surface area contributed by atoms with Gasteiger partial charge in [-0.1, -0.05) is 0 Å². The van der Waals surface area contributed by atoms with Gasteiger partial charge in [0.2, 0.25) is 5.88 Å². The molecule has 0 aliphatic heterocycles. The number of methoxy groups -OCH3 is 1. The van der Waals surface area contributed by atoms with Crippen LogP contribution >= 0.6 is 0 Å². The van der Waals surface area contributed by atoms with E-state index in [0.29, 0.717) is 23.4 Å². The molecule has 208 valence electrons. The molecule has 1 atom stereocenters. The van der Waals surface area contributed by atoms with E-state index in [2.05, 4.69) is 15.4 Å². The first-order valence-electron chi connectivity index (χ1n) is 12.3. The maximum absolute atomic E-state index is 12.8. The number of nitrogens with one attached hydrogen (secondary N) is 1. The summed E-state index contributed by atoms with van der Waals surface area (Å²) in [5.74, 6) is 0.164. The Morgan fingerprint density at radius 1 is 1.23 bits per heavy atom. The van der Waals surface area contributed by atoms with Crippen molar-refractivity contribution in [1.82, 2.24) is 19.9 Å². The van der Waals surface area contributed by atoms with E-state index in [-0.39, 0.29) is 40.8 Å². The van der Waals surface area contributed by atoms with Gasteiger partial charge in [0, 0.05) is 12.2 Å². The van der Waals surface area contributed by atoms with Gasteiger partial charge in [0.15, 0.2) is 0 Å². The monoisotopic (exact) mass is 544 g/mol. The molecule has 5 N–H and O–H groups in total. The lowest BCUT2D eigenvalue weighted by atomic mass is 9.78. The van der Waals surface area contributed by atoms with E-state index in [0.717, 1.165) is 19.0 Å². The number of nitrogens with two attached hydrogens (primary N) is 2. The molecule has 1 aliphatic rings. The zero-order valence-electron chi connectivity index (χ0n) is 21.5. The largest absolute Gasteiger partial charge is 0.495 e. The summed E-state index contributed by atoms with van der Waals surface area (Å²) in [5.41, 5.74) is 12.4. The Morgan fingerprint density at radius 3 is 2.59 bits per heavy atom. The zero-order valence-corrected chi connectivity index (χ0v) is 21.5. The van der Waals surface area contributed by atoms with E-state index in [1.54, 1.807) is 18.3 Å². The van der Waals surface area contributed by atoms with Crippen LogP contribution in [0, 0.1) is 5.92 Å². The van der Waals surface area contributed by atoms with Crippen molar-refractivity contribution in [3.05, 3.63) is 54.1 Å². The lowest BCUT2D eigenvalue weighted by molar-refractivity contribution is -0.116. The minimum absolute atomic E-state index is 0.141. The Hall–Kier alpha value is -4.42. The van der Waals surface area contributed by atoms with Gasteiger partial charge in [0.1, 0.15) is 29.8 Å². The van der Waals surface area contributed by atoms with Crippen LogP contribution in [0.2, 0.25) is 0 Å². The normalized spacial score (nSPS) is 17.9. The fourth-order valence-corrected chi connectivity index (χ4v) is 4.49. The third kappa shape index (κ3) is 6.54. The standard InChI is InChI=1S/C26H30F2N6O5/c1-14(32-25(36)19(10-29)20-5-3-16(11-31-20)38-13-22(27)28)7-15-8-18(9-15)39-26-23(24(30)35)21-6-4-17(37-2)12-34(21)33-26/h3-6,10-12,14-15,18,22H,7-9,13,29H2,1-2H3,(H2,30,35)(H,32,36)/t14-,15?,18?/m0/s1. The molecule has 0 bridgehead atoms. The third-order valence-corrected chi connectivity index (χ3v) is 6.39. The van der Waals surface area contributed by atoms with Gasteiger partial charge in [-0.05, 0) is 56.4 Å². The molecule has 0 spiro atoms. The van der Waals surface area contributed by atoms with Gasteiger partial charge in [-0.25, -0.2) is 13.3 Å². The van der Waals surface area contributed by atoms with Crippen molar-refractivity contribution < 1.29 is 32.6 Å². The molecule has 39 heavy (non-hydrogen) atoms. The summed E-state index contributed by atoms with van der Waals surface area (Å²) in [4.78, 5) is 29.0. The van der Waals surface area contributed by atoms with E-state index >= 15 is 0 Å². The van der Waals surface area contributed by atoms with Crippen LogP contribution < -0.4 is 31.0 Å². The van der Waals surface area contributed by atoms with Crippen molar-refractivity contribution in [3.8, 4) is 17.4 Å². The Kier molecular flexibility index (Phi) is 8.47. The van der Waals surface area contributed by atoms with Crippen molar-refractivity contribution in [2.45, 2.75) is 44.8 Å². The smallest absolute Gasteiger partial charge is 0.272 e. The van der Waals surface area contributed by atoms with Gasteiger partial charge in [-0.3, -0.25) is 14.6 Å². The quantitative estimate of drug-likeness (QED) is 0.294. The molecule has 1 fully saturated rings. The summed E-state index contributed by atoms with van der Waals surface area (Å²) in [5, 5.41) is 7.28. The number of halogens is 2. The number of carbonyl (C=O) groups is 2. The van der Waals surface area contributed by atoms with Gasteiger partial charge in [-0.15, -0.1) is 5.10 Å². The molecule has 0 saturated heterocycles. The maximum atomic E-state index is 12.8. The van der Waals surface area contributed by atoms with Crippen LogP contribution in [0.5, 0.6) is 17.4 Å². The second-order valence-electron chi connectivity index (χ2n) is 9.29. The first-order chi connectivity index (χ1) is 18.7. The van der Waals surface area contributed by atoms with E-state index in [9.17, 15) is 18.4 Å². The molecule has 3 heterocycles. The molecule has 1 saturated carbocycles. The molecule has 0 aromatic carbocycles. The third-order valence-electron chi connectivity index (χ3n) is 6.39. The average molecular weight is 545 g/mol.